The second kappa shape index (κ2) is 7.90. The summed E-state index contributed by atoms with van der Waals surface area (Å²) in [5.41, 5.74) is 0.258. The van der Waals surface area contributed by atoms with Gasteiger partial charge in [-0.15, -0.1) is 0 Å². The summed E-state index contributed by atoms with van der Waals surface area (Å²) in [6.07, 6.45) is 0. The van der Waals surface area contributed by atoms with Crippen LogP contribution in [0.1, 0.15) is 22.8 Å². The van der Waals surface area contributed by atoms with Crippen molar-refractivity contribution >= 4 is 11.4 Å². The minimum absolute atomic E-state index is 0.0548. The number of hydrogen-bond donors (Lipinski definition) is 1. The van der Waals surface area contributed by atoms with E-state index in [-0.39, 0.29) is 28.8 Å². The molecule has 0 saturated heterocycles. The Morgan fingerprint density at radius 1 is 0.880 bits per heavy atom. The fourth-order valence-electron chi connectivity index (χ4n) is 2.03. The third-order valence-corrected chi connectivity index (χ3v) is 3.02. The van der Waals surface area contributed by atoms with Gasteiger partial charge in [0, 0.05) is 0 Å². The molecule has 0 aliphatic rings. The van der Waals surface area contributed by atoms with E-state index in [1.807, 2.05) is 0 Å². The number of nitro groups is 2. The first-order valence-corrected chi connectivity index (χ1v) is 6.84. The first-order valence-electron chi connectivity index (χ1n) is 6.84. The molecule has 0 bridgehead atoms. The minimum atomic E-state index is -0.562. The van der Waals surface area contributed by atoms with Gasteiger partial charge < -0.3 is 9.72 Å². The summed E-state index contributed by atoms with van der Waals surface area (Å²) in [5.74, 6) is 0. The Bertz CT molecular complexity index is 829. The van der Waals surface area contributed by atoms with Crippen LogP contribution >= 0.6 is 0 Å². The molecule has 0 unspecified atom stereocenters. The maximum absolute atomic E-state index is 10.7. The molecule has 134 valence electrons. The Balaban J connectivity index is 0.000000251. The molecule has 2 heterocycles. The van der Waals surface area contributed by atoms with Crippen LogP contribution in [0.3, 0.4) is 0 Å². The van der Waals surface area contributed by atoms with Crippen molar-refractivity contribution in [1.82, 2.24) is 19.9 Å². The van der Waals surface area contributed by atoms with Crippen LogP contribution in [-0.2, 0) is 0 Å². The molecule has 0 spiro atoms. The molecule has 2 rings (SSSR count). The molecule has 2 aromatic rings. The third-order valence-electron chi connectivity index (χ3n) is 3.02. The number of ether oxygens (including phenoxy) is 1. The van der Waals surface area contributed by atoms with Crippen LogP contribution in [0.15, 0.2) is 4.79 Å². The highest BCUT2D eigenvalue weighted by molar-refractivity contribution is 5.39. The van der Waals surface area contributed by atoms with E-state index >= 15 is 0 Å². The van der Waals surface area contributed by atoms with Gasteiger partial charge in [0.25, 0.3) is 0 Å². The fraction of sp³-hybridized carbons (Fsp3) is 0.385. The predicted octanol–water partition coefficient (Wildman–Crippen LogP) is 1.31. The van der Waals surface area contributed by atoms with Crippen LogP contribution in [0.4, 0.5) is 11.4 Å². The summed E-state index contributed by atoms with van der Waals surface area (Å²) in [6.45, 7) is 6.00. The van der Waals surface area contributed by atoms with Crippen LogP contribution in [0.25, 0.3) is 0 Å². The van der Waals surface area contributed by atoms with Gasteiger partial charge in [0.05, 0.1) is 22.7 Å². The average molecular weight is 352 g/mol. The maximum atomic E-state index is 10.7. The van der Waals surface area contributed by atoms with E-state index in [4.69, 9.17) is 4.74 Å². The van der Waals surface area contributed by atoms with Gasteiger partial charge in [-0.1, -0.05) is 0 Å². The Morgan fingerprint density at radius 2 is 1.32 bits per heavy atom. The van der Waals surface area contributed by atoms with E-state index in [1.54, 1.807) is 13.8 Å². The normalized spacial score (nSPS) is 9.80. The zero-order valence-electron chi connectivity index (χ0n) is 14.2. The first kappa shape index (κ1) is 19.6. The zero-order valence-corrected chi connectivity index (χ0v) is 14.2. The smallest absolute Gasteiger partial charge is 0.345 e. The second-order valence-electron chi connectivity index (χ2n) is 4.84. The van der Waals surface area contributed by atoms with Gasteiger partial charge in [0.1, 0.15) is 17.1 Å². The van der Waals surface area contributed by atoms with E-state index in [9.17, 15) is 25.0 Å². The number of nitrogens with zero attached hydrogens (tertiary/aromatic N) is 5. The molecule has 0 saturated carbocycles. The van der Waals surface area contributed by atoms with Crippen molar-refractivity contribution in [1.29, 1.82) is 0 Å². The molecule has 0 aromatic carbocycles. The molecule has 0 aliphatic carbocycles. The summed E-state index contributed by atoms with van der Waals surface area (Å²) in [4.78, 5) is 43.8. The standard InChI is InChI=1S/C7H9N3O3.C6H7N3O3/c1-4-6(10(11)12)5(2)9-7(8-4)13-3;1-3-5(9(11)12)4(2)8-6(10)7-3/h1-3H3;1-2H3,(H,7,8,10). The van der Waals surface area contributed by atoms with E-state index in [0.29, 0.717) is 11.4 Å². The number of H-pyrrole nitrogens is 1. The van der Waals surface area contributed by atoms with Gasteiger partial charge in [-0.25, -0.2) is 4.79 Å². The van der Waals surface area contributed by atoms with E-state index < -0.39 is 15.5 Å². The van der Waals surface area contributed by atoms with Crippen LogP contribution in [-0.4, -0.2) is 36.9 Å². The number of rotatable bonds is 3. The van der Waals surface area contributed by atoms with Crippen molar-refractivity contribution < 1.29 is 14.6 Å². The van der Waals surface area contributed by atoms with E-state index in [0.717, 1.165) is 0 Å². The predicted molar refractivity (Wildman–Crippen MR) is 85.7 cm³/mol. The lowest BCUT2D eigenvalue weighted by Crippen LogP contribution is -2.15. The quantitative estimate of drug-likeness (QED) is 0.632. The fourth-order valence-corrected chi connectivity index (χ4v) is 2.03. The lowest BCUT2D eigenvalue weighted by atomic mass is 10.3. The van der Waals surface area contributed by atoms with Gasteiger partial charge in [0.2, 0.25) is 0 Å². The Hall–Kier alpha value is -3.44. The molecule has 12 heteroatoms. The molecular formula is C13H16N6O6. The molecule has 0 radical (unpaired) electrons. The van der Waals surface area contributed by atoms with Crippen LogP contribution in [0.5, 0.6) is 6.01 Å². The number of aryl methyl sites for hydroxylation is 4. The topological polar surface area (TPSA) is 167 Å². The molecule has 25 heavy (non-hydrogen) atoms. The summed E-state index contributed by atoms with van der Waals surface area (Å²) >= 11 is 0. The third kappa shape index (κ3) is 4.76. The molecule has 2 aromatic heterocycles. The highest BCUT2D eigenvalue weighted by atomic mass is 16.6. The largest absolute Gasteiger partial charge is 0.467 e. The van der Waals surface area contributed by atoms with Crippen molar-refractivity contribution in [3.8, 4) is 6.01 Å². The highest BCUT2D eigenvalue weighted by Crippen LogP contribution is 2.21. The average Bonchev–Trinajstić information content (AvgIpc) is 2.44. The Labute approximate surface area is 141 Å². The maximum Gasteiger partial charge on any atom is 0.345 e. The van der Waals surface area contributed by atoms with Gasteiger partial charge in [0.15, 0.2) is 0 Å². The number of methoxy groups -OCH3 is 1. The molecule has 0 atom stereocenters. The van der Waals surface area contributed by atoms with Crippen molar-refractivity contribution in [3.05, 3.63) is 53.5 Å². The van der Waals surface area contributed by atoms with Gasteiger partial charge >= 0.3 is 23.1 Å². The number of aromatic nitrogens is 4. The van der Waals surface area contributed by atoms with Gasteiger partial charge in [-0.3, -0.25) is 20.2 Å². The van der Waals surface area contributed by atoms with Crippen molar-refractivity contribution in [2.75, 3.05) is 7.11 Å². The molecule has 12 nitrogen and oxygen atoms in total. The number of aromatic amines is 1. The number of hydrogen-bond acceptors (Lipinski definition) is 9. The van der Waals surface area contributed by atoms with Crippen LogP contribution in [0, 0.1) is 47.9 Å². The van der Waals surface area contributed by atoms with Crippen LogP contribution < -0.4 is 10.4 Å². The molecular weight excluding hydrogens is 336 g/mol. The molecule has 0 fully saturated rings. The lowest BCUT2D eigenvalue weighted by Gasteiger charge is -2.02. The minimum Gasteiger partial charge on any atom is -0.467 e. The Morgan fingerprint density at radius 3 is 1.68 bits per heavy atom. The van der Waals surface area contributed by atoms with Gasteiger partial charge in [-0.05, 0) is 27.7 Å². The Kier molecular flexibility index (Phi) is 6.19. The zero-order chi connectivity index (χ0) is 19.3. The highest BCUT2D eigenvalue weighted by Gasteiger charge is 2.18. The molecule has 0 amide bonds. The molecule has 0 aliphatic heterocycles. The van der Waals surface area contributed by atoms with E-state index in [1.165, 1.54) is 21.0 Å². The lowest BCUT2D eigenvalue weighted by molar-refractivity contribution is -0.386. The number of nitrogens with one attached hydrogen (secondary N) is 1. The van der Waals surface area contributed by atoms with Gasteiger partial charge in [-0.2, -0.15) is 15.0 Å². The summed E-state index contributed by atoms with van der Waals surface area (Å²) < 4.78 is 4.77. The summed E-state index contributed by atoms with van der Waals surface area (Å²) in [7, 11) is 1.42. The summed E-state index contributed by atoms with van der Waals surface area (Å²) in [5, 5.41) is 20.9. The molecule has 1 N–H and O–H groups in total. The van der Waals surface area contributed by atoms with Crippen molar-refractivity contribution in [2.24, 2.45) is 0 Å². The SMILES string of the molecule is COc1nc(C)c([N+](=O)[O-])c(C)n1.Cc1nc(=O)[nH]c(C)c1[N+](=O)[O-]. The van der Waals surface area contributed by atoms with Crippen LogP contribution in [0.2, 0.25) is 0 Å². The summed E-state index contributed by atoms with van der Waals surface area (Å²) in [6, 6.07) is 0.153. The monoisotopic (exact) mass is 352 g/mol. The van der Waals surface area contributed by atoms with Crippen molar-refractivity contribution in [2.45, 2.75) is 27.7 Å². The first-order chi connectivity index (χ1) is 11.6. The van der Waals surface area contributed by atoms with Crippen molar-refractivity contribution in [3.63, 3.8) is 0 Å². The van der Waals surface area contributed by atoms with E-state index in [2.05, 4.69) is 19.9 Å². The second-order valence-corrected chi connectivity index (χ2v) is 4.84.